The molecule has 0 aliphatic carbocycles. The van der Waals surface area contributed by atoms with Gasteiger partial charge in [0.1, 0.15) is 11.5 Å². The lowest BCUT2D eigenvalue weighted by Crippen LogP contribution is -2.28. The van der Waals surface area contributed by atoms with Crippen LogP contribution in [0, 0.1) is 6.92 Å². The second-order valence-electron chi connectivity index (χ2n) is 6.26. The van der Waals surface area contributed by atoms with E-state index in [4.69, 9.17) is 17.0 Å². The monoisotopic (exact) mass is 403 g/mol. The Morgan fingerprint density at radius 3 is 2.39 bits per heavy atom. The summed E-state index contributed by atoms with van der Waals surface area (Å²) in [6.07, 6.45) is 1.84. The van der Waals surface area contributed by atoms with Crippen LogP contribution in [-0.4, -0.2) is 10.2 Å². The number of rotatable bonds is 4. The van der Waals surface area contributed by atoms with Crippen molar-refractivity contribution in [2.45, 2.75) is 6.92 Å². The molecule has 138 valence electrons. The first kappa shape index (κ1) is 18.5. The van der Waals surface area contributed by atoms with Gasteiger partial charge in [-0.05, 0) is 42.8 Å². The average molecular weight is 404 g/mol. The van der Waals surface area contributed by atoms with E-state index in [0.717, 1.165) is 22.6 Å². The van der Waals surface area contributed by atoms with E-state index >= 15 is 0 Å². The second kappa shape index (κ2) is 8.00. The number of amides is 1. The van der Waals surface area contributed by atoms with Gasteiger partial charge >= 0.3 is 0 Å². The molecule has 1 saturated heterocycles. The van der Waals surface area contributed by atoms with Crippen LogP contribution >= 0.6 is 24.0 Å². The van der Waals surface area contributed by atoms with Crippen molar-refractivity contribution in [2.24, 2.45) is 0 Å². The van der Waals surface area contributed by atoms with Crippen LogP contribution in [0.5, 0.6) is 11.5 Å². The number of ether oxygens (including phenoxy) is 1. The van der Waals surface area contributed by atoms with Gasteiger partial charge in [-0.25, -0.2) is 0 Å². The molecule has 1 amide bonds. The third-order valence-corrected chi connectivity index (χ3v) is 5.63. The molecular weight excluding hydrogens is 386 g/mol. The Balaban J connectivity index is 1.66. The quantitative estimate of drug-likeness (QED) is 0.383. The van der Waals surface area contributed by atoms with Crippen molar-refractivity contribution < 1.29 is 9.53 Å². The number of carbonyl (C=O) groups excluding carboxylic acids is 1. The zero-order chi connectivity index (χ0) is 19.5. The Labute approximate surface area is 173 Å². The molecule has 0 saturated carbocycles. The molecule has 0 bridgehead atoms. The standard InChI is InChI=1S/C23H17NO2S2/c1-16-9-5-7-13-19(16)24-22(25)21(28-23(24)27)15-17-10-6-8-14-20(17)26-18-11-3-2-4-12-18/h2-15H,1H3. The highest BCUT2D eigenvalue weighted by atomic mass is 32.2. The van der Waals surface area contributed by atoms with Crippen molar-refractivity contribution in [3.8, 4) is 11.5 Å². The maximum Gasteiger partial charge on any atom is 0.270 e. The largest absolute Gasteiger partial charge is 0.457 e. The number of carbonyl (C=O) groups is 1. The van der Waals surface area contributed by atoms with Crippen molar-refractivity contribution in [1.82, 2.24) is 0 Å². The van der Waals surface area contributed by atoms with Gasteiger partial charge in [0.25, 0.3) is 5.91 Å². The molecule has 4 rings (SSSR count). The predicted octanol–water partition coefficient (Wildman–Crippen LogP) is 6.19. The molecule has 0 radical (unpaired) electrons. The van der Waals surface area contributed by atoms with Crippen molar-refractivity contribution in [3.05, 3.63) is 94.9 Å². The summed E-state index contributed by atoms with van der Waals surface area (Å²) in [5.74, 6) is 1.32. The number of para-hydroxylation sites is 3. The van der Waals surface area contributed by atoms with Crippen LogP contribution in [0.4, 0.5) is 5.69 Å². The lowest BCUT2D eigenvalue weighted by molar-refractivity contribution is -0.113. The molecule has 28 heavy (non-hydrogen) atoms. The highest BCUT2D eigenvalue weighted by molar-refractivity contribution is 8.27. The normalized spacial score (nSPS) is 15.3. The van der Waals surface area contributed by atoms with Crippen molar-refractivity contribution in [3.63, 3.8) is 0 Å². The zero-order valence-corrected chi connectivity index (χ0v) is 16.8. The second-order valence-corrected chi connectivity index (χ2v) is 7.93. The Morgan fingerprint density at radius 2 is 1.61 bits per heavy atom. The van der Waals surface area contributed by atoms with Crippen molar-refractivity contribution >= 4 is 46.0 Å². The van der Waals surface area contributed by atoms with Crippen LogP contribution < -0.4 is 9.64 Å². The van der Waals surface area contributed by atoms with Gasteiger partial charge in [-0.2, -0.15) is 0 Å². The third-order valence-electron chi connectivity index (χ3n) is 4.33. The van der Waals surface area contributed by atoms with E-state index < -0.39 is 0 Å². The minimum Gasteiger partial charge on any atom is -0.457 e. The Morgan fingerprint density at radius 1 is 0.929 bits per heavy atom. The van der Waals surface area contributed by atoms with Crippen LogP contribution in [0.25, 0.3) is 6.08 Å². The number of hydrogen-bond acceptors (Lipinski definition) is 4. The first-order valence-electron chi connectivity index (χ1n) is 8.79. The number of benzene rings is 3. The fraction of sp³-hybridized carbons (Fsp3) is 0.0435. The number of aryl methyl sites for hydroxylation is 1. The predicted molar refractivity (Wildman–Crippen MR) is 120 cm³/mol. The molecule has 3 aromatic rings. The summed E-state index contributed by atoms with van der Waals surface area (Å²) in [5, 5.41) is 0. The van der Waals surface area contributed by atoms with Gasteiger partial charge < -0.3 is 4.74 Å². The van der Waals surface area contributed by atoms with Crippen molar-refractivity contribution in [1.29, 1.82) is 0 Å². The van der Waals surface area contributed by atoms with E-state index in [1.54, 1.807) is 4.90 Å². The molecule has 1 heterocycles. The molecule has 0 unspecified atom stereocenters. The van der Waals surface area contributed by atoms with E-state index in [0.29, 0.717) is 15.0 Å². The molecule has 1 aliphatic heterocycles. The summed E-state index contributed by atoms with van der Waals surface area (Å²) in [6, 6.07) is 25.0. The first-order valence-corrected chi connectivity index (χ1v) is 10.0. The summed E-state index contributed by atoms with van der Waals surface area (Å²) in [6.45, 7) is 1.97. The molecule has 3 nitrogen and oxygen atoms in total. The molecule has 0 spiro atoms. The molecular formula is C23H17NO2S2. The Bertz CT molecular complexity index is 1080. The maximum absolute atomic E-state index is 13.1. The maximum atomic E-state index is 13.1. The summed E-state index contributed by atoms with van der Waals surface area (Å²) in [4.78, 5) is 15.2. The van der Waals surface area contributed by atoms with E-state index in [9.17, 15) is 4.79 Å². The van der Waals surface area contributed by atoms with Gasteiger partial charge in [0, 0.05) is 5.56 Å². The number of thiocarbonyl (C=S) groups is 1. The topological polar surface area (TPSA) is 29.5 Å². The molecule has 5 heteroatoms. The Hall–Kier alpha value is -2.89. The Kier molecular flexibility index (Phi) is 5.28. The van der Waals surface area contributed by atoms with Gasteiger partial charge in [-0.1, -0.05) is 78.6 Å². The average Bonchev–Trinajstić information content (AvgIpc) is 2.98. The summed E-state index contributed by atoms with van der Waals surface area (Å²) >= 11 is 6.79. The number of hydrogen-bond donors (Lipinski definition) is 0. The van der Waals surface area contributed by atoms with Gasteiger partial charge in [0.2, 0.25) is 0 Å². The summed E-state index contributed by atoms with van der Waals surface area (Å²) < 4.78 is 6.54. The molecule has 1 fully saturated rings. The van der Waals surface area contributed by atoms with Crippen LogP contribution in [0.2, 0.25) is 0 Å². The smallest absolute Gasteiger partial charge is 0.270 e. The molecule has 3 aromatic carbocycles. The molecule has 0 N–H and O–H groups in total. The van der Waals surface area contributed by atoms with E-state index in [1.165, 1.54) is 11.8 Å². The van der Waals surface area contributed by atoms with Gasteiger partial charge in [-0.15, -0.1) is 0 Å². The van der Waals surface area contributed by atoms with Crippen LogP contribution in [-0.2, 0) is 4.79 Å². The highest BCUT2D eigenvalue weighted by Crippen LogP contribution is 2.38. The summed E-state index contributed by atoms with van der Waals surface area (Å²) in [5.41, 5.74) is 2.66. The lowest BCUT2D eigenvalue weighted by Gasteiger charge is -2.16. The molecule has 0 atom stereocenters. The fourth-order valence-corrected chi connectivity index (χ4v) is 4.21. The minimum absolute atomic E-state index is 0.112. The number of anilines is 1. The van der Waals surface area contributed by atoms with Crippen LogP contribution in [0.3, 0.4) is 0 Å². The third kappa shape index (κ3) is 3.72. The molecule has 0 aromatic heterocycles. The zero-order valence-electron chi connectivity index (χ0n) is 15.2. The lowest BCUT2D eigenvalue weighted by atomic mass is 10.1. The van der Waals surface area contributed by atoms with Gasteiger partial charge in [0.15, 0.2) is 4.32 Å². The van der Waals surface area contributed by atoms with Gasteiger partial charge in [0.05, 0.1) is 10.6 Å². The van der Waals surface area contributed by atoms with E-state index in [-0.39, 0.29) is 5.91 Å². The number of thioether (sulfide) groups is 1. The number of nitrogens with zero attached hydrogens (tertiary/aromatic N) is 1. The van der Waals surface area contributed by atoms with Gasteiger partial charge in [-0.3, -0.25) is 9.69 Å². The highest BCUT2D eigenvalue weighted by Gasteiger charge is 2.34. The summed E-state index contributed by atoms with van der Waals surface area (Å²) in [7, 11) is 0. The fourth-order valence-electron chi connectivity index (χ4n) is 2.94. The minimum atomic E-state index is -0.112. The first-order chi connectivity index (χ1) is 13.6. The molecule has 1 aliphatic rings. The van der Waals surface area contributed by atoms with E-state index in [1.807, 2.05) is 91.9 Å². The SMILES string of the molecule is Cc1ccccc1N1C(=O)C(=Cc2ccccc2Oc2ccccc2)SC1=S. The van der Waals surface area contributed by atoms with E-state index in [2.05, 4.69) is 0 Å². The van der Waals surface area contributed by atoms with Crippen LogP contribution in [0.1, 0.15) is 11.1 Å². The van der Waals surface area contributed by atoms with Crippen molar-refractivity contribution in [2.75, 3.05) is 4.90 Å². The van der Waals surface area contributed by atoms with Crippen LogP contribution in [0.15, 0.2) is 83.8 Å².